The predicted molar refractivity (Wildman–Crippen MR) is 91.4 cm³/mol. The Labute approximate surface area is 140 Å². The molecule has 5 nitrogen and oxygen atoms in total. The zero-order valence-corrected chi connectivity index (χ0v) is 13.8. The van der Waals surface area contributed by atoms with Crippen LogP contribution in [0.5, 0.6) is 17.2 Å². The number of methoxy groups -OCH3 is 1. The second-order valence-corrected chi connectivity index (χ2v) is 5.54. The van der Waals surface area contributed by atoms with Gasteiger partial charge < -0.3 is 19.5 Å². The molecule has 0 aliphatic rings. The van der Waals surface area contributed by atoms with Gasteiger partial charge in [0, 0.05) is 11.6 Å². The van der Waals surface area contributed by atoms with Gasteiger partial charge in [-0.3, -0.25) is 0 Å². The Morgan fingerprint density at radius 2 is 1.79 bits per heavy atom. The number of hydrogen-bond acceptors (Lipinski definition) is 5. The quantitative estimate of drug-likeness (QED) is 0.748. The van der Waals surface area contributed by atoms with E-state index in [1.807, 2.05) is 38.1 Å². The van der Waals surface area contributed by atoms with Crippen molar-refractivity contribution in [1.29, 1.82) is 0 Å². The number of benzene rings is 2. The van der Waals surface area contributed by atoms with Gasteiger partial charge in [-0.2, -0.15) is 0 Å². The van der Waals surface area contributed by atoms with Gasteiger partial charge in [0.05, 0.1) is 12.7 Å². The van der Waals surface area contributed by atoms with Crippen LogP contribution in [0.2, 0.25) is 0 Å². The first kappa shape index (κ1) is 15.9. The van der Waals surface area contributed by atoms with Crippen LogP contribution >= 0.6 is 0 Å². The summed E-state index contributed by atoms with van der Waals surface area (Å²) >= 11 is 0. The second-order valence-electron chi connectivity index (χ2n) is 5.54. The van der Waals surface area contributed by atoms with Crippen LogP contribution in [0.15, 0.2) is 40.9 Å². The molecule has 2 aromatic carbocycles. The molecule has 2 N–H and O–H groups in total. The van der Waals surface area contributed by atoms with Crippen LogP contribution < -0.4 is 4.74 Å². The molecule has 1 aromatic heterocycles. The monoisotopic (exact) mass is 325 g/mol. The molecule has 0 saturated heterocycles. The van der Waals surface area contributed by atoms with Gasteiger partial charge in [-0.05, 0) is 42.7 Å². The number of aryl methyl sites for hydroxylation is 2. The predicted octanol–water partition coefficient (Wildman–Crippen LogP) is 4.30. The number of nitrogens with zero attached hydrogens (tertiary/aromatic N) is 1. The van der Waals surface area contributed by atoms with Crippen LogP contribution in [-0.2, 0) is 6.42 Å². The Morgan fingerprint density at radius 3 is 2.42 bits per heavy atom. The first-order chi connectivity index (χ1) is 11.5. The normalized spacial score (nSPS) is 10.8. The van der Waals surface area contributed by atoms with Crippen LogP contribution in [0, 0.1) is 6.92 Å². The molecule has 0 atom stereocenters. The van der Waals surface area contributed by atoms with Gasteiger partial charge in [-0.1, -0.05) is 24.2 Å². The SMILES string of the molecule is CCc1cc(-c2noc(C)c2-c2ccc(OC)cc2)c(O)cc1O. The molecule has 0 bridgehead atoms. The Morgan fingerprint density at radius 1 is 1.08 bits per heavy atom. The smallest absolute Gasteiger partial charge is 0.142 e. The van der Waals surface area contributed by atoms with Gasteiger partial charge >= 0.3 is 0 Å². The number of phenolic OH excluding ortho intramolecular Hbond substituents is 2. The number of aromatic nitrogens is 1. The minimum absolute atomic E-state index is 0.0345. The molecule has 0 aliphatic carbocycles. The van der Waals surface area contributed by atoms with E-state index in [-0.39, 0.29) is 11.5 Å². The summed E-state index contributed by atoms with van der Waals surface area (Å²) in [5.74, 6) is 1.45. The third-order valence-corrected chi connectivity index (χ3v) is 4.07. The third kappa shape index (κ3) is 2.69. The molecule has 5 heteroatoms. The standard InChI is InChI=1S/C19H19NO4/c1-4-12-9-15(17(22)10-16(12)21)19-18(11(2)24-20-19)13-5-7-14(23-3)8-6-13/h5-10,21-22H,4H2,1-3H3. The zero-order chi connectivity index (χ0) is 17.3. The van der Waals surface area contributed by atoms with Crippen LogP contribution in [0.4, 0.5) is 0 Å². The largest absolute Gasteiger partial charge is 0.508 e. The number of phenols is 2. The summed E-state index contributed by atoms with van der Waals surface area (Å²) in [5, 5.41) is 24.3. The molecule has 0 spiro atoms. The first-order valence-corrected chi connectivity index (χ1v) is 7.71. The molecule has 1 heterocycles. The number of hydrogen-bond donors (Lipinski definition) is 2. The summed E-state index contributed by atoms with van der Waals surface area (Å²) in [4.78, 5) is 0. The molecule has 3 rings (SSSR count). The number of aromatic hydroxyl groups is 2. The fraction of sp³-hybridized carbons (Fsp3) is 0.211. The van der Waals surface area contributed by atoms with E-state index in [1.54, 1.807) is 13.2 Å². The van der Waals surface area contributed by atoms with Crippen LogP contribution in [0.25, 0.3) is 22.4 Å². The van der Waals surface area contributed by atoms with Gasteiger partial charge in [-0.15, -0.1) is 0 Å². The summed E-state index contributed by atoms with van der Waals surface area (Å²) in [6.07, 6.45) is 0.647. The van der Waals surface area contributed by atoms with Gasteiger partial charge in [0.15, 0.2) is 0 Å². The third-order valence-electron chi connectivity index (χ3n) is 4.07. The summed E-state index contributed by atoms with van der Waals surface area (Å²) in [5.41, 5.74) is 3.54. The molecule has 24 heavy (non-hydrogen) atoms. The lowest BCUT2D eigenvalue weighted by Crippen LogP contribution is -1.89. The maximum Gasteiger partial charge on any atom is 0.142 e. The highest BCUT2D eigenvalue weighted by molar-refractivity contribution is 5.85. The van der Waals surface area contributed by atoms with E-state index in [1.165, 1.54) is 6.07 Å². The van der Waals surface area contributed by atoms with Crippen molar-refractivity contribution in [2.75, 3.05) is 7.11 Å². The molecular formula is C19H19NO4. The van der Waals surface area contributed by atoms with Crippen LogP contribution in [0.3, 0.4) is 0 Å². The maximum absolute atomic E-state index is 10.3. The topological polar surface area (TPSA) is 75.7 Å². The van der Waals surface area contributed by atoms with Crippen molar-refractivity contribution in [3.63, 3.8) is 0 Å². The summed E-state index contributed by atoms with van der Waals surface area (Å²) in [6, 6.07) is 10.6. The van der Waals surface area contributed by atoms with E-state index < -0.39 is 0 Å². The molecule has 0 fully saturated rings. The molecule has 0 saturated carbocycles. The average molecular weight is 325 g/mol. The average Bonchev–Trinajstić information content (AvgIpc) is 2.96. The highest BCUT2D eigenvalue weighted by Crippen LogP contribution is 2.41. The molecule has 124 valence electrons. The summed E-state index contributed by atoms with van der Waals surface area (Å²) in [7, 11) is 1.62. The minimum Gasteiger partial charge on any atom is -0.508 e. The highest BCUT2D eigenvalue weighted by Gasteiger charge is 2.20. The van der Waals surface area contributed by atoms with E-state index in [0.29, 0.717) is 23.4 Å². The van der Waals surface area contributed by atoms with Crippen molar-refractivity contribution in [2.45, 2.75) is 20.3 Å². The second kappa shape index (κ2) is 6.28. The summed E-state index contributed by atoms with van der Waals surface area (Å²) < 4.78 is 10.6. The Balaban J connectivity index is 2.17. The van der Waals surface area contributed by atoms with E-state index in [2.05, 4.69) is 5.16 Å². The molecule has 0 unspecified atom stereocenters. The maximum atomic E-state index is 10.3. The van der Waals surface area contributed by atoms with E-state index in [0.717, 1.165) is 22.4 Å². The lowest BCUT2D eigenvalue weighted by molar-refractivity contribution is 0.399. The van der Waals surface area contributed by atoms with Crippen molar-refractivity contribution in [2.24, 2.45) is 0 Å². The highest BCUT2D eigenvalue weighted by atomic mass is 16.5. The fourth-order valence-corrected chi connectivity index (χ4v) is 2.75. The zero-order valence-electron chi connectivity index (χ0n) is 13.8. The Hall–Kier alpha value is -2.95. The first-order valence-electron chi connectivity index (χ1n) is 7.71. The minimum atomic E-state index is -0.0345. The Kier molecular flexibility index (Phi) is 4.16. The number of rotatable bonds is 4. The van der Waals surface area contributed by atoms with E-state index in [4.69, 9.17) is 9.26 Å². The van der Waals surface area contributed by atoms with Crippen molar-refractivity contribution in [3.05, 3.63) is 47.7 Å². The van der Waals surface area contributed by atoms with Gasteiger partial charge in [0.25, 0.3) is 0 Å². The van der Waals surface area contributed by atoms with Crippen molar-refractivity contribution in [1.82, 2.24) is 5.16 Å². The lowest BCUT2D eigenvalue weighted by atomic mass is 9.97. The molecular weight excluding hydrogens is 306 g/mol. The van der Waals surface area contributed by atoms with Crippen molar-refractivity contribution in [3.8, 4) is 39.6 Å². The van der Waals surface area contributed by atoms with E-state index >= 15 is 0 Å². The molecule has 0 amide bonds. The van der Waals surface area contributed by atoms with Gasteiger partial charge in [0.1, 0.15) is 28.7 Å². The van der Waals surface area contributed by atoms with Crippen LogP contribution in [-0.4, -0.2) is 22.5 Å². The lowest BCUT2D eigenvalue weighted by Gasteiger charge is -2.09. The molecule has 0 aliphatic heterocycles. The van der Waals surface area contributed by atoms with Crippen molar-refractivity contribution >= 4 is 0 Å². The molecule has 3 aromatic rings. The van der Waals surface area contributed by atoms with Gasteiger partial charge in [-0.25, -0.2) is 0 Å². The number of ether oxygens (including phenoxy) is 1. The van der Waals surface area contributed by atoms with Crippen LogP contribution in [0.1, 0.15) is 18.2 Å². The Bertz CT molecular complexity index is 866. The van der Waals surface area contributed by atoms with Gasteiger partial charge in [0.2, 0.25) is 0 Å². The molecule has 0 radical (unpaired) electrons. The van der Waals surface area contributed by atoms with Crippen molar-refractivity contribution < 1.29 is 19.5 Å². The van der Waals surface area contributed by atoms with E-state index in [9.17, 15) is 10.2 Å². The summed E-state index contributed by atoms with van der Waals surface area (Å²) in [6.45, 7) is 3.77. The fourth-order valence-electron chi connectivity index (χ4n) is 2.75.